The van der Waals surface area contributed by atoms with Crippen LogP contribution in [0.5, 0.6) is 0 Å². The van der Waals surface area contributed by atoms with Gasteiger partial charge in [-0.05, 0) is 13.8 Å². The smallest absolute Gasteiger partial charge is 0.328 e. The van der Waals surface area contributed by atoms with E-state index in [2.05, 4.69) is 20.5 Å². The number of carboxylic acid groups (broad SMARTS) is 1. The molecule has 1 aromatic rings. The molecule has 1 atom stereocenters. The second-order valence-electron chi connectivity index (χ2n) is 3.48. The summed E-state index contributed by atoms with van der Waals surface area (Å²) in [6.07, 6.45) is 0. The molecule has 0 aliphatic rings. The van der Waals surface area contributed by atoms with Crippen molar-refractivity contribution in [3.8, 4) is 0 Å². The Labute approximate surface area is 102 Å². The summed E-state index contributed by atoms with van der Waals surface area (Å²) < 4.78 is 0. The number of anilines is 1. The summed E-state index contributed by atoms with van der Waals surface area (Å²) in [5.41, 5.74) is 1.22. The van der Waals surface area contributed by atoms with Gasteiger partial charge in [0.05, 0.1) is 18.0 Å². The van der Waals surface area contributed by atoms with Gasteiger partial charge < -0.3 is 15.5 Å². The molecule has 1 aromatic heterocycles. The first kappa shape index (κ1) is 13.8. The van der Waals surface area contributed by atoms with E-state index in [9.17, 15) is 9.59 Å². The fraction of sp³-hybridized carbons (Fsp3) is 0.444. The number of aliphatic hydroxyl groups excluding tert-OH is 1. The molecule has 4 N–H and O–H groups in total. The lowest BCUT2D eigenvalue weighted by Crippen LogP contribution is -2.45. The second-order valence-corrected chi connectivity index (χ2v) is 3.48. The standard InChI is InChI=1S/C9H13N5O4/c1-4-5(2)13-14-8(10-4)12-9(18)11-6(3-15)7(16)17/h6,15H,3H2,1-2H3,(H,16,17)(H2,10,11,12,14,18)/t6-/m1/s1. The molecule has 1 rings (SSSR count). The normalized spacial score (nSPS) is 11.7. The van der Waals surface area contributed by atoms with Crippen molar-refractivity contribution in [1.29, 1.82) is 0 Å². The first-order valence-electron chi connectivity index (χ1n) is 5.03. The fourth-order valence-corrected chi connectivity index (χ4v) is 0.991. The van der Waals surface area contributed by atoms with E-state index in [1.54, 1.807) is 13.8 Å². The average Bonchev–Trinajstić information content (AvgIpc) is 2.30. The number of rotatable bonds is 4. The number of aromatic nitrogens is 3. The predicted octanol–water partition coefficient (Wildman–Crippen LogP) is -0.945. The predicted molar refractivity (Wildman–Crippen MR) is 60.0 cm³/mol. The summed E-state index contributed by atoms with van der Waals surface area (Å²) in [6, 6.07) is -2.22. The monoisotopic (exact) mass is 255 g/mol. The largest absolute Gasteiger partial charge is 0.480 e. The number of hydrogen-bond donors (Lipinski definition) is 4. The van der Waals surface area contributed by atoms with E-state index in [-0.39, 0.29) is 5.95 Å². The van der Waals surface area contributed by atoms with Crippen LogP contribution in [-0.2, 0) is 4.79 Å². The number of nitrogens with zero attached hydrogens (tertiary/aromatic N) is 3. The Hall–Kier alpha value is -2.29. The number of urea groups is 1. The van der Waals surface area contributed by atoms with E-state index in [4.69, 9.17) is 10.2 Å². The van der Waals surface area contributed by atoms with Crippen molar-refractivity contribution < 1.29 is 19.8 Å². The molecule has 0 saturated carbocycles. The fourth-order valence-electron chi connectivity index (χ4n) is 0.991. The minimum atomic E-state index is -1.38. The summed E-state index contributed by atoms with van der Waals surface area (Å²) in [4.78, 5) is 25.9. The van der Waals surface area contributed by atoms with Crippen molar-refractivity contribution in [2.24, 2.45) is 0 Å². The maximum absolute atomic E-state index is 11.4. The van der Waals surface area contributed by atoms with Crippen molar-refractivity contribution in [1.82, 2.24) is 20.5 Å². The number of aryl methyl sites for hydroxylation is 2. The van der Waals surface area contributed by atoms with E-state index in [1.807, 2.05) is 5.32 Å². The Balaban J connectivity index is 2.64. The van der Waals surface area contributed by atoms with Gasteiger partial charge in [0.1, 0.15) is 0 Å². The number of hydrogen-bond acceptors (Lipinski definition) is 6. The minimum absolute atomic E-state index is 0.0438. The van der Waals surface area contributed by atoms with Crippen molar-refractivity contribution in [3.05, 3.63) is 11.4 Å². The number of aliphatic hydroxyl groups is 1. The molecule has 9 heteroatoms. The lowest BCUT2D eigenvalue weighted by atomic mass is 10.3. The third-order valence-electron chi connectivity index (χ3n) is 2.10. The van der Waals surface area contributed by atoms with Gasteiger partial charge >= 0.3 is 12.0 Å². The molecule has 2 amide bonds. The zero-order valence-corrected chi connectivity index (χ0v) is 9.84. The Kier molecular flexibility index (Phi) is 4.49. The number of nitrogens with one attached hydrogen (secondary N) is 2. The van der Waals surface area contributed by atoms with Crippen LogP contribution in [-0.4, -0.2) is 50.0 Å². The first-order valence-corrected chi connectivity index (χ1v) is 5.03. The van der Waals surface area contributed by atoms with E-state index >= 15 is 0 Å². The van der Waals surface area contributed by atoms with Gasteiger partial charge in [-0.1, -0.05) is 0 Å². The van der Waals surface area contributed by atoms with Crippen LogP contribution in [0.1, 0.15) is 11.4 Å². The van der Waals surface area contributed by atoms with Crippen molar-refractivity contribution in [2.75, 3.05) is 11.9 Å². The van der Waals surface area contributed by atoms with Crippen LogP contribution in [0, 0.1) is 13.8 Å². The van der Waals surface area contributed by atoms with Crippen LogP contribution in [0.4, 0.5) is 10.7 Å². The van der Waals surface area contributed by atoms with Gasteiger partial charge in [0, 0.05) is 0 Å². The topological polar surface area (TPSA) is 137 Å². The van der Waals surface area contributed by atoms with Crippen LogP contribution in [0.2, 0.25) is 0 Å². The molecule has 1 heterocycles. The lowest BCUT2D eigenvalue weighted by molar-refractivity contribution is -0.140. The highest BCUT2D eigenvalue weighted by atomic mass is 16.4. The van der Waals surface area contributed by atoms with Crippen molar-refractivity contribution >= 4 is 17.9 Å². The van der Waals surface area contributed by atoms with Crippen LogP contribution in [0.3, 0.4) is 0 Å². The highest BCUT2D eigenvalue weighted by molar-refractivity contribution is 5.90. The summed E-state index contributed by atoms with van der Waals surface area (Å²) >= 11 is 0. The van der Waals surface area contributed by atoms with E-state index in [0.29, 0.717) is 11.4 Å². The molecular weight excluding hydrogens is 242 g/mol. The van der Waals surface area contributed by atoms with E-state index < -0.39 is 24.6 Å². The molecule has 9 nitrogen and oxygen atoms in total. The van der Waals surface area contributed by atoms with Gasteiger partial charge in [0.25, 0.3) is 5.95 Å². The zero-order valence-electron chi connectivity index (χ0n) is 9.84. The number of carboxylic acids is 1. The van der Waals surface area contributed by atoms with Gasteiger partial charge in [0.15, 0.2) is 6.04 Å². The van der Waals surface area contributed by atoms with E-state index in [0.717, 1.165) is 0 Å². The van der Waals surface area contributed by atoms with Gasteiger partial charge in [-0.15, -0.1) is 5.10 Å². The highest BCUT2D eigenvalue weighted by Gasteiger charge is 2.19. The van der Waals surface area contributed by atoms with Crippen LogP contribution in [0.15, 0.2) is 0 Å². The van der Waals surface area contributed by atoms with Crippen molar-refractivity contribution in [3.63, 3.8) is 0 Å². The van der Waals surface area contributed by atoms with Crippen molar-refractivity contribution in [2.45, 2.75) is 19.9 Å². The van der Waals surface area contributed by atoms with Gasteiger partial charge in [-0.2, -0.15) is 5.10 Å². The summed E-state index contributed by atoms with van der Waals surface area (Å²) in [5.74, 6) is -1.38. The maximum atomic E-state index is 11.4. The molecular formula is C9H13N5O4. The van der Waals surface area contributed by atoms with Gasteiger partial charge in [-0.3, -0.25) is 5.32 Å². The third kappa shape index (κ3) is 3.63. The third-order valence-corrected chi connectivity index (χ3v) is 2.10. The first-order chi connectivity index (χ1) is 8.43. The molecule has 98 valence electrons. The molecule has 0 radical (unpaired) electrons. The molecule has 0 saturated heterocycles. The van der Waals surface area contributed by atoms with Crippen LogP contribution < -0.4 is 10.6 Å². The second kappa shape index (κ2) is 5.87. The van der Waals surface area contributed by atoms with Gasteiger partial charge in [0.2, 0.25) is 0 Å². The number of amides is 2. The lowest BCUT2D eigenvalue weighted by Gasteiger charge is -2.11. The van der Waals surface area contributed by atoms with Crippen LogP contribution in [0.25, 0.3) is 0 Å². The highest BCUT2D eigenvalue weighted by Crippen LogP contribution is 2.01. The van der Waals surface area contributed by atoms with E-state index in [1.165, 1.54) is 0 Å². The number of carbonyl (C=O) groups is 2. The molecule has 0 aliphatic carbocycles. The number of aliphatic carboxylic acids is 1. The molecule has 0 aromatic carbocycles. The summed E-state index contributed by atoms with van der Waals surface area (Å²) in [5, 5.41) is 29.0. The molecule has 0 spiro atoms. The Morgan fingerprint density at radius 1 is 1.28 bits per heavy atom. The minimum Gasteiger partial charge on any atom is -0.480 e. The average molecular weight is 255 g/mol. The SMILES string of the molecule is Cc1nnc(NC(=O)N[C@H](CO)C(=O)O)nc1C. The molecule has 0 unspecified atom stereocenters. The summed E-state index contributed by atoms with van der Waals surface area (Å²) in [7, 11) is 0. The zero-order chi connectivity index (χ0) is 13.7. The maximum Gasteiger partial charge on any atom is 0.328 e. The van der Waals surface area contributed by atoms with Gasteiger partial charge in [-0.25, -0.2) is 14.6 Å². The molecule has 18 heavy (non-hydrogen) atoms. The molecule has 0 fully saturated rings. The Morgan fingerprint density at radius 3 is 2.44 bits per heavy atom. The van der Waals surface area contributed by atoms with Crippen LogP contribution >= 0.6 is 0 Å². The quantitative estimate of drug-likeness (QED) is 0.544. The molecule has 0 bridgehead atoms. The Morgan fingerprint density at radius 2 is 1.94 bits per heavy atom. The summed E-state index contributed by atoms with van der Waals surface area (Å²) in [6.45, 7) is 2.70. The number of carbonyl (C=O) groups excluding carboxylic acids is 1. The molecule has 0 aliphatic heterocycles. The Bertz CT molecular complexity index is 464.